The Balaban J connectivity index is 1.29. The van der Waals surface area contributed by atoms with Crippen molar-refractivity contribution in [2.75, 3.05) is 24.5 Å². The van der Waals surface area contributed by atoms with Gasteiger partial charge in [0.15, 0.2) is 0 Å². The SMILES string of the molecule is O=C(NC[C@H]1[C@H]2CN(c3ncccn3)C[C@]23CC[C@H]1O3)c1cccc(Cl)c1. The monoisotopic (exact) mass is 384 g/mol. The summed E-state index contributed by atoms with van der Waals surface area (Å²) in [6.45, 7) is 2.32. The first kappa shape index (κ1) is 17.0. The van der Waals surface area contributed by atoms with Crippen LogP contribution in [0.3, 0.4) is 0 Å². The number of amides is 1. The first-order valence-electron chi connectivity index (χ1n) is 9.38. The minimum atomic E-state index is -0.116. The highest BCUT2D eigenvalue weighted by molar-refractivity contribution is 6.30. The highest BCUT2D eigenvalue weighted by Crippen LogP contribution is 2.54. The number of benzene rings is 1. The fraction of sp³-hybridized carbons (Fsp3) is 0.450. The van der Waals surface area contributed by atoms with Crippen LogP contribution in [0.2, 0.25) is 5.02 Å². The zero-order chi connectivity index (χ0) is 18.4. The Morgan fingerprint density at radius 1 is 1.33 bits per heavy atom. The molecule has 1 aromatic carbocycles. The highest BCUT2D eigenvalue weighted by atomic mass is 35.5. The molecule has 7 heteroatoms. The summed E-state index contributed by atoms with van der Waals surface area (Å²) in [6.07, 6.45) is 5.90. The molecule has 1 amide bonds. The van der Waals surface area contributed by atoms with Gasteiger partial charge in [-0.15, -0.1) is 0 Å². The molecule has 5 rings (SSSR count). The topological polar surface area (TPSA) is 67.4 Å². The number of hydrogen-bond donors (Lipinski definition) is 1. The predicted octanol–water partition coefficient (Wildman–Crippen LogP) is 2.54. The van der Waals surface area contributed by atoms with E-state index >= 15 is 0 Å². The van der Waals surface area contributed by atoms with E-state index in [0.717, 1.165) is 31.9 Å². The summed E-state index contributed by atoms with van der Waals surface area (Å²) in [7, 11) is 0. The van der Waals surface area contributed by atoms with Gasteiger partial charge in [-0.25, -0.2) is 9.97 Å². The summed E-state index contributed by atoms with van der Waals surface area (Å²) in [5, 5.41) is 3.66. The smallest absolute Gasteiger partial charge is 0.251 e. The average molecular weight is 385 g/mol. The van der Waals surface area contributed by atoms with Crippen LogP contribution in [0.4, 0.5) is 5.95 Å². The summed E-state index contributed by atoms with van der Waals surface area (Å²) < 4.78 is 6.44. The van der Waals surface area contributed by atoms with Crippen molar-refractivity contribution < 1.29 is 9.53 Å². The van der Waals surface area contributed by atoms with Crippen LogP contribution in [0.5, 0.6) is 0 Å². The Hall–Kier alpha value is -2.18. The lowest BCUT2D eigenvalue weighted by Gasteiger charge is -2.29. The summed E-state index contributed by atoms with van der Waals surface area (Å²) in [5.41, 5.74) is 0.474. The van der Waals surface area contributed by atoms with E-state index in [-0.39, 0.29) is 17.6 Å². The highest BCUT2D eigenvalue weighted by Gasteiger charge is 2.63. The predicted molar refractivity (Wildman–Crippen MR) is 102 cm³/mol. The first-order valence-corrected chi connectivity index (χ1v) is 9.76. The van der Waals surface area contributed by atoms with Crippen molar-refractivity contribution in [3.63, 3.8) is 0 Å². The lowest BCUT2D eigenvalue weighted by Crippen LogP contribution is -2.41. The van der Waals surface area contributed by atoms with Crippen molar-refractivity contribution in [2.45, 2.75) is 24.5 Å². The Morgan fingerprint density at radius 3 is 3.00 bits per heavy atom. The van der Waals surface area contributed by atoms with Gasteiger partial charge in [-0.3, -0.25) is 4.79 Å². The first-order chi connectivity index (χ1) is 13.1. The molecule has 1 N–H and O–H groups in total. The van der Waals surface area contributed by atoms with E-state index in [1.807, 2.05) is 6.07 Å². The molecule has 0 saturated carbocycles. The van der Waals surface area contributed by atoms with E-state index in [1.54, 1.807) is 36.7 Å². The van der Waals surface area contributed by atoms with Crippen molar-refractivity contribution >= 4 is 23.5 Å². The van der Waals surface area contributed by atoms with Crippen LogP contribution in [0.15, 0.2) is 42.7 Å². The van der Waals surface area contributed by atoms with E-state index < -0.39 is 0 Å². The molecule has 4 atom stereocenters. The van der Waals surface area contributed by atoms with Crippen LogP contribution in [0.1, 0.15) is 23.2 Å². The molecule has 3 aliphatic heterocycles. The Kier molecular flexibility index (Phi) is 4.06. The number of carbonyl (C=O) groups is 1. The van der Waals surface area contributed by atoms with Crippen molar-refractivity contribution in [3.8, 4) is 0 Å². The van der Waals surface area contributed by atoms with Gasteiger partial charge in [0.25, 0.3) is 5.91 Å². The molecule has 140 valence electrons. The number of aromatic nitrogens is 2. The summed E-state index contributed by atoms with van der Waals surface area (Å²) in [4.78, 5) is 23.5. The molecule has 6 nitrogen and oxygen atoms in total. The molecular weight excluding hydrogens is 364 g/mol. The third kappa shape index (κ3) is 2.87. The van der Waals surface area contributed by atoms with E-state index in [4.69, 9.17) is 16.3 Å². The molecule has 1 spiro atoms. The van der Waals surface area contributed by atoms with Crippen molar-refractivity contribution in [1.29, 1.82) is 0 Å². The fourth-order valence-electron chi connectivity index (χ4n) is 5.01. The number of rotatable bonds is 4. The number of anilines is 1. The molecule has 3 fully saturated rings. The zero-order valence-corrected chi connectivity index (χ0v) is 15.6. The molecule has 0 unspecified atom stereocenters. The van der Waals surface area contributed by atoms with Crippen LogP contribution in [-0.4, -0.2) is 47.2 Å². The second-order valence-corrected chi connectivity index (χ2v) is 8.12. The van der Waals surface area contributed by atoms with E-state index in [1.165, 1.54) is 0 Å². The van der Waals surface area contributed by atoms with Gasteiger partial charge in [0.05, 0.1) is 18.2 Å². The zero-order valence-electron chi connectivity index (χ0n) is 14.8. The van der Waals surface area contributed by atoms with Gasteiger partial charge in [-0.2, -0.15) is 0 Å². The van der Waals surface area contributed by atoms with Crippen LogP contribution in [-0.2, 0) is 4.74 Å². The molecule has 3 aliphatic rings. The molecule has 27 heavy (non-hydrogen) atoms. The number of nitrogens with zero attached hydrogens (tertiary/aromatic N) is 3. The van der Waals surface area contributed by atoms with Crippen molar-refractivity contribution in [1.82, 2.24) is 15.3 Å². The maximum Gasteiger partial charge on any atom is 0.251 e. The average Bonchev–Trinajstić information content (AvgIpc) is 3.35. The Labute approximate surface area is 162 Å². The lowest BCUT2D eigenvalue weighted by atomic mass is 9.73. The number of ether oxygens (including phenoxy) is 1. The second kappa shape index (κ2) is 6.46. The molecule has 2 aromatic rings. The van der Waals surface area contributed by atoms with E-state index in [9.17, 15) is 4.79 Å². The molecular formula is C20H21ClN4O2. The van der Waals surface area contributed by atoms with Gasteiger partial charge < -0.3 is 15.0 Å². The van der Waals surface area contributed by atoms with Gasteiger partial charge >= 0.3 is 0 Å². The number of nitrogens with one attached hydrogen (secondary N) is 1. The van der Waals surface area contributed by atoms with Crippen LogP contribution >= 0.6 is 11.6 Å². The molecule has 2 bridgehead atoms. The van der Waals surface area contributed by atoms with E-state index in [2.05, 4.69) is 20.2 Å². The number of halogens is 1. The molecule has 1 aromatic heterocycles. The van der Waals surface area contributed by atoms with Gasteiger partial charge in [0.1, 0.15) is 0 Å². The standard InChI is InChI=1S/C20H21ClN4O2/c21-14-4-1-3-13(9-14)18(26)24-10-15-16-11-25(19-22-7-2-8-23-19)12-20(16)6-5-17(15)27-20/h1-4,7-9,15-17H,5-6,10-12H2,(H,24,26)/t15-,16+,17+,20+/m0/s1. The minimum absolute atomic E-state index is 0.0874. The maximum absolute atomic E-state index is 12.5. The number of carbonyl (C=O) groups excluding carboxylic acids is 1. The number of hydrogen-bond acceptors (Lipinski definition) is 5. The van der Waals surface area contributed by atoms with Gasteiger partial charge in [0.2, 0.25) is 5.95 Å². The van der Waals surface area contributed by atoms with Crippen LogP contribution in [0, 0.1) is 11.8 Å². The van der Waals surface area contributed by atoms with Crippen LogP contribution < -0.4 is 10.2 Å². The molecule has 3 saturated heterocycles. The normalized spacial score (nSPS) is 31.1. The molecule has 0 radical (unpaired) electrons. The van der Waals surface area contributed by atoms with Gasteiger partial charge in [-0.1, -0.05) is 17.7 Å². The van der Waals surface area contributed by atoms with Gasteiger partial charge in [-0.05, 0) is 37.1 Å². The summed E-state index contributed by atoms with van der Waals surface area (Å²) in [5.74, 6) is 1.38. The minimum Gasteiger partial charge on any atom is -0.369 e. The molecule has 4 heterocycles. The lowest BCUT2D eigenvalue weighted by molar-refractivity contribution is 0.0141. The van der Waals surface area contributed by atoms with Gasteiger partial charge in [0, 0.05) is 47.9 Å². The Morgan fingerprint density at radius 2 is 2.19 bits per heavy atom. The Bertz CT molecular complexity index is 864. The second-order valence-electron chi connectivity index (χ2n) is 7.68. The van der Waals surface area contributed by atoms with E-state index in [0.29, 0.717) is 29.0 Å². The van der Waals surface area contributed by atoms with Crippen molar-refractivity contribution in [3.05, 3.63) is 53.3 Å². The van der Waals surface area contributed by atoms with Crippen LogP contribution in [0.25, 0.3) is 0 Å². The summed E-state index contributed by atoms with van der Waals surface area (Å²) in [6, 6.07) is 8.87. The quantitative estimate of drug-likeness (QED) is 0.877. The maximum atomic E-state index is 12.5. The fourth-order valence-corrected chi connectivity index (χ4v) is 5.20. The largest absolute Gasteiger partial charge is 0.369 e. The third-order valence-corrected chi connectivity index (χ3v) is 6.44. The third-order valence-electron chi connectivity index (χ3n) is 6.20. The number of fused-ring (bicyclic) bond motifs is 1. The molecule has 0 aliphatic carbocycles. The summed E-state index contributed by atoms with van der Waals surface area (Å²) >= 11 is 6.00. The van der Waals surface area contributed by atoms with Crippen molar-refractivity contribution in [2.24, 2.45) is 11.8 Å².